The van der Waals surface area contributed by atoms with Crippen molar-refractivity contribution in [2.45, 2.75) is 40.5 Å². The Balaban J connectivity index is 1.81. The monoisotopic (exact) mass is 465 g/mol. The van der Waals surface area contributed by atoms with Crippen molar-refractivity contribution in [2.75, 3.05) is 20.3 Å². The van der Waals surface area contributed by atoms with Gasteiger partial charge in [0.2, 0.25) is 0 Å². The molecule has 0 aliphatic carbocycles. The van der Waals surface area contributed by atoms with Gasteiger partial charge in [0.05, 0.1) is 40.9 Å². The summed E-state index contributed by atoms with van der Waals surface area (Å²) >= 11 is 0. The molecule has 2 rings (SSSR count). The second-order valence-electron chi connectivity index (χ2n) is 8.80. The lowest BCUT2D eigenvalue weighted by Gasteiger charge is -2.33. The number of nitriles is 1. The summed E-state index contributed by atoms with van der Waals surface area (Å²) in [7, 11) is 1.35. The number of methoxy groups -OCH3 is 1. The Morgan fingerprint density at radius 3 is 1.97 bits per heavy atom. The van der Waals surface area contributed by atoms with Crippen molar-refractivity contribution in [1.82, 2.24) is 0 Å². The number of hydrogen-bond donors (Lipinski definition) is 0. The van der Waals surface area contributed by atoms with E-state index >= 15 is 0 Å². The van der Waals surface area contributed by atoms with Gasteiger partial charge in [-0.05, 0) is 82.1 Å². The molecule has 0 aliphatic rings. The fraction of sp³-hybridized carbons (Fsp3) is 0.423. The minimum atomic E-state index is -0.847. The Morgan fingerprint density at radius 1 is 0.912 bits per heavy atom. The zero-order valence-corrected chi connectivity index (χ0v) is 20.3. The van der Waals surface area contributed by atoms with E-state index < -0.39 is 16.8 Å². The number of ether oxygens (including phenoxy) is 3. The van der Waals surface area contributed by atoms with Gasteiger partial charge in [-0.3, -0.25) is 9.59 Å². The summed E-state index contributed by atoms with van der Waals surface area (Å²) in [5.41, 5.74) is 0.257. The normalized spacial score (nSPS) is 13.1. The lowest BCUT2D eigenvalue weighted by atomic mass is 9.72. The SMILES string of the molecule is CCC(C)(CC(C)(C)C(=O)OCCOc1ccc(N=Nc2ccc(C#N)cc2)cc1)C(=O)OC. The second-order valence-corrected chi connectivity index (χ2v) is 8.80. The second kappa shape index (κ2) is 11.9. The van der Waals surface area contributed by atoms with Crippen LogP contribution in [-0.4, -0.2) is 32.3 Å². The van der Waals surface area contributed by atoms with E-state index in [1.54, 1.807) is 69.3 Å². The molecule has 1 atom stereocenters. The third-order valence-electron chi connectivity index (χ3n) is 5.54. The van der Waals surface area contributed by atoms with E-state index in [9.17, 15) is 9.59 Å². The predicted octanol–water partition coefficient (Wildman–Crippen LogP) is 5.90. The fourth-order valence-electron chi connectivity index (χ4n) is 3.45. The number of benzene rings is 2. The first-order chi connectivity index (χ1) is 16.1. The highest BCUT2D eigenvalue weighted by Gasteiger charge is 2.42. The number of carbonyl (C=O) groups excluding carboxylic acids is 2. The minimum absolute atomic E-state index is 0.0868. The van der Waals surface area contributed by atoms with Crippen LogP contribution < -0.4 is 4.74 Å². The molecular formula is C26H31N3O5. The smallest absolute Gasteiger partial charge is 0.311 e. The summed E-state index contributed by atoms with van der Waals surface area (Å²) in [6, 6.07) is 15.9. The molecule has 0 amide bonds. The molecule has 0 fully saturated rings. The Bertz CT molecular complexity index is 1040. The number of esters is 2. The van der Waals surface area contributed by atoms with Crippen LogP contribution in [0.3, 0.4) is 0 Å². The van der Waals surface area contributed by atoms with Gasteiger partial charge < -0.3 is 14.2 Å². The maximum absolute atomic E-state index is 12.6. The first-order valence-corrected chi connectivity index (χ1v) is 11.0. The number of carbonyl (C=O) groups is 2. The Kier molecular flexibility index (Phi) is 9.31. The molecule has 8 nitrogen and oxygen atoms in total. The zero-order valence-electron chi connectivity index (χ0n) is 20.3. The summed E-state index contributed by atoms with van der Waals surface area (Å²) in [6.07, 6.45) is 0.879. The van der Waals surface area contributed by atoms with Gasteiger partial charge in [0, 0.05) is 0 Å². The first-order valence-electron chi connectivity index (χ1n) is 11.0. The summed E-state index contributed by atoms with van der Waals surface area (Å²) in [5, 5.41) is 17.1. The van der Waals surface area contributed by atoms with Gasteiger partial charge >= 0.3 is 11.9 Å². The molecule has 0 spiro atoms. The largest absolute Gasteiger partial charge is 0.490 e. The molecule has 0 saturated heterocycles. The van der Waals surface area contributed by atoms with E-state index in [-0.39, 0.29) is 19.2 Å². The van der Waals surface area contributed by atoms with Crippen molar-refractivity contribution >= 4 is 23.3 Å². The van der Waals surface area contributed by atoms with E-state index in [2.05, 4.69) is 16.3 Å². The van der Waals surface area contributed by atoms with E-state index in [0.29, 0.717) is 35.5 Å². The van der Waals surface area contributed by atoms with Crippen molar-refractivity contribution in [3.63, 3.8) is 0 Å². The van der Waals surface area contributed by atoms with E-state index in [0.717, 1.165) is 0 Å². The molecule has 0 heterocycles. The van der Waals surface area contributed by atoms with Gasteiger partial charge in [0.25, 0.3) is 0 Å². The van der Waals surface area contributed by atoms with Crippen LogP contribution in [0.2, 0.25) is 0 Å². The third kappa shape index (κ3) is 7.41. The highest BCUT2D eigenvalue weighted by molar-refractivity contribution is 5.80. The van der Waals surface area contributed by atoms with Crippen LogP contribution in [0.4, 0.5) is 11.4 Å². The Labute approximate surface area is 200 Å². The molecule has 0 bridgehead atoms. The molecule has 34 heavy (non-hydrogen) atoms. The van der Waals surface area contributed by atoms with Gasteiger partial charge in [-0.15, -0.1) is 0 Å². The Hall–Kier alpha value is -3.73. The summed E-state index contributed by atoms with van der Waals surface area (Å²) in [6.45, 7) is 7.49. The van der Waals surface area contributed by atoms with Gasteiger partial charge in [-0.2, -0.15) is 15.5 Å². The maximum Gasteiger partial charge on any atom is 0.311 e. The highest BCUT2D eigenvalue weighted by atomic mass is 16.6. The molecular weight excluding hydrogens is 434 g/mol. The summed E-state index contributed by atoms with van der Waals surface area (Å²) in [5.74, 6) is -0.116. The van der Waals surface area contributed by atoms with Crippen molar-refractivity contribution in [2.24, 2.45) is 21.1 Å². The summed E-state index contributed by atoms with van der Waals surface area (Å²) < 4.78 is 15.9. The standard InChI is InChI=1S/C26H31N3O5/c1-6-26(4,24(31)32-5)18-25(2,3)23(30)34-16-15-33-22-13-11-21(12-14-22)29-28-20-9-7-19(17-27)8-10-20/h7-14H,6,15-16,18H2,1-5H3. The van der Waals surface area contributed by atoms with E-state index in [1.807, 2.05) is 6.92 Å². The molecule has 8 heteroatoms. The zero-order chi connectivity index (χ0) is 25.2. The van der Waals surface area contributed by atoms with Crippen LogP contribution in [0.15, 0.2) is 58.8 Å². The van der Waals surface area contributed by atoms with Gasteiger partial charge in [0.15, 0.2) is 0 Å². The highest BCUT2D eigenvalue weighted by Crippen LogP contribution is 2.38. The topological polar surface area (TPSA) is 110 Å². The van der Waals surface area contributed by atoms with Crippen molar-refractivity contribution in [3.8, 4) is 11.8 Å². The molecule has 0 saturated carbocycles. The Morgan fingerprint density at radius 2 is 1.47 bits per heavy atom. The maximum atomic E-state index is 12.6. The van der Waals surface area contributed by atoms with Crippen LogP contribution in [0.5, 0.6) is 5.75 Å². The molecule has 0 N–H and O–H groups in total. The lowest BCUT2D eigenvalue weighted by molar-refractivity contribution is -0.162. The number of azo groups is 1. The quantitative estimate of drug-likeness (QED) is 0.232. The van der Waals surface area contributed by atoms with Gasteiger partial charge in [-0.1, -0.05) is 6.92 Å². The molecule has 0 aromatic heterocycles. The number of hydrogen-bond acceptors (Lipinski definition) is 8. The minimum Gasteiger partial charge on any atom is -0.490 e. The molecule has 0 aliphatic heterocycles. The molecule has 0 radical (unpaired) electrons. The van der Waals surface area contributed by atoms with Crippen LogP contribution in [0.25, 0.3) is 0 Å². The molecule has 2 aromatic rings. The number of rotatable bonds is 11. The van der Waals surface area contributed by atoms with Crippen molar-refractivity contribution < 1.29 is 23.8 Å². The van der Waals surface area contributed by atoms with E-state index in [1.165, 1.54) is 7.11 Å². The average molecular weight is 466 g/mol. The number of nitrogens with zero attached hydrogens (tertiary/aromatic N) is 3. The molecule has 180 valence electrons. The van der Waals surface area contributed by atoms with Gasteiger partial charge in [-0.25, -0.2) is 0 Å². The van der Waals surface area contributed by atoms with Crippen molar-refractivity contribution in [1.29, 1.82) is 5.26 Å². The summed E-state index contributed by atoms with van der Waals surface area (Å²) in [4.78, 5) is 24.7. The van der Waals surface area contributed by atoms with Crippen LogP contribution in [-0.2, 0) is 19.1 Å². The van der Waals surface area contributed by atoms with E-state index in [4.69, 9.17) is 19.5 Å². The third-order valence-corrected chi connectivity index (χ3v) is 5.54. The molecule has 2 aromatic carbocycles. The van der Waals surface area contributed by atoms with Crippen LogP contribution >= 0.6 is 0 Å². The average Bonchev–Trinajstić information content (AvgIpc) is 2.85. The first kappa shape index (κ1) is 26.5. The van der Waals surface area contributed by atoms with Crippen LogP contribution in [0, 0.1) is 22.2 Å². The lowest BCUT2D eigenvalue weighted by Crippen LogP contribution is -2.38. The van der Waals surface area contributed by atoms with Crippen LogP contribution in [0.1, 0.15) is 46.1 Å². The fourth-order valence-corrected chi connectivity index (χ4v) is 3.45. The van der Waals surface area contributed by atoms with Gasteiger partial charge in [0.1, 0.15) is 19.0 Å². The van der Waals surface area contributed by atoms with Crippen molar-refractivity contribution in [3.05, 3.63) is 54.1 Å². The molecule has 1 unspecified atom stereocenters. The predicted molar refractivity (Wildman–Crippen MR) is 127 cm³/mol.